The van der Waals surface area contributed by atoms with Crippen molar-refractivity contribution in [3.63, 3.8) is 0 Å². The summed E-state index contributed by atoms with van der Waals surface area (Å²) in [5.74, 6) is 0.446. The molecular formula is C11H18N2O4S. The molecule has 1 heterocycles. The van der Waals surface area contributed by atoms with Crippen LogP contribution in [0.1, 0.15) is 12.7 Å². The number of carbonyl (C=O) groups is 1. The van der Waals surface area contributed by atoms with E-state index >= 15 is 0 Å². The number of hydrogen-bond acceptors (Lipinski definition) is 4. The molecule has 18 heavy (non-hydrogen) atoms. The highest BCUT2D eigenvalue weighted by atomic mass is 32.2. The number of nitrogens with zero attached hydrogens (tertiary/aromatic N) is 1. The monoisotopic (exact) mass is 274 g/mol. The lowest BCUT2D eigenvalue weighted by atomic mass is 10.2. The average Bonchev–Trinajstić information content (AvgIpc) is 2.67. The summed E-state index contributed by atoms with van der Waals surface area (Å²) < 4.78 is 28.4. The molecule has 0 aliphatic heterocycles. The van der Waals surface area contributed by atoms with Gasteiger partial charge in [0.05, 0.1) is 19.1 Å². The fourth-order valence-electron chi connectivity index (χ4n) is 1.42. The minimum absolute atomic E-state index is 0.114. The third-order valence-corrected chi connectivity index (χ3v) is 3.69. The van der Waals surface area contributed by atoms with E-state index in [0.29, 0.717) is 6.42 Å². The number of carbonyl (C=O) groups excluding carboxylic acids is 1. The van der Waals surface area contributed by atoms with Gasteiger partial charge in [-0.3, -0.25) is 4.79 Å². The quantitative estimate of drug-likeness (QED) is 0.804. The van der Waals surface area contributed by atoms with Crippen molar-refractivity contribution in [1.82, 2.24) is 9.62 Å². The van der Waals surface area contributed by atoms with E-state index < -0.39 is 10.0 Å². The number of hydrogen-bond donors (Lipinski definition) is 1. The minimum Gasteiger partial charge on any atom is -0.469 e. The van der Waals surface area contributed by atoms with Crippen molar-refractivity contribution in [2.24, 2.45) is 0 Å². The van der Waals surface area contributed by atoms with Gasteiger partial charge in [-0.25, -0.2) is 8.42 Å². The number of sulfonamides is 1. The van der Waals surface area contributed by atoms with Gasteiger partial charge in [0.1, 0.15) is 5.76 Å². The van der Waals surface area contributed by atoms with Crippen molar-refractivity contribution in [2.45, 2.75) is 19.4 Å². The standard InChI is InChI=1S/C11H18N2O4S/c1-9(7-10-5-4-6-17-10)12-11(14)8-13(2)18(3,15)16/h4-6,9H,7-8H2,1-3H3,(H,12,14). The Kier molecular flexibility index (Phi) is 4.92. The summed E-state index contributed by atoms with van der Waals surface area (Å²) in [5, 5.41) is 2.72. The van der Waals surface area contributed by atoms with Gasteiger partial charge in [0.2, 0.25) is 15.9 Å². The maximum atomic E-state index is 11.6. The zero-order valence-corrected chi connectivity index (χ0v) is 11.5. The molecule has 1 unspecified atom stereocenters. The second-order valence-electron chi connectivity index (χ2n) is 4.27. The first-order valence-corrected chi connectivity index (χ1v) is 7.37. The predicted molar refractivity (Wildman–Crippen MR) is 67.5 cm³/mol. The summed E-state index contributed by atoms with van der Waals surface area (Å²) in [4.78, 5) is 11.6. The molecule has 1 amide bonds. The van der Waals surface area contributed by atoms with E-state index in [9.17, 15) is 13.2 Å². The SMILES string of the molecule is CC(Cc1ccco1)NC(=O)CN(C)S(C)(=O)=O. The van der Waals surface area contributed by atoms with Crippen LogP contribution in [-0.4, -0.2) is 44.5 Å². The molecule has 0 radical (unpaired) electrons. The molecule has 1 atom stereocenters. The normalized spacial score (nSPS) is 13.6. The van der Waals surface area contributed by atoms with E-state index in [1.165, 1.54) is 7.05 Å². The molecular weight excluding hydrogens is 256 g/mol. The molecule has 0 fully saturated rings. The van der Waals surface area contributed by atoms with Crippen LogP contribution in [-0.2, 0) is 21.2 Å². The molecule has 6 nitrogen and oxygen atoms in total. The summed E-state index contributed by atoms with van der Waals surface area (Å²) in [7, 11) is -1.96. The molecule has 7 heteroatoms. The zero-order chi connectivity index (χ0) is 13.8. The van der Waals surface area contributed by atoms with Crippen molar-refractivity contribution >= 4 is 15.9 Å². The Morgan fingerprint density at radius 2 is 2.22 bits per heavy atom. The Hall–Kier alpha value is -1.34. The Morgan fingerprint density at radius 1 is 1.56 bits per heavy atom. The van der Waals surface area contributed by atoms with Gasteiger partial charge in [-0.1, -0.05) is 0 Å². The molecule has 0 aromatic carbocycles. The third-order valence-electron chi connectivity index (χ3n) is 2.43. The fraction of sp³-hybridized carbons (Fsp3) is 0.545. The van der Waals surface area contributed by atoms with E-state index in [-0.39, 0.29) is 18.5 Å². The second-order valence-corrected chi connectivity index (χ2v) is 6.36. The number of rotatable bonds is 6. The lowest BCUT2D eigenvalue weighted by molar-refractivity contribution is -0.121. The Bertz CT molecular complexity index is 481. The summed E-state index contributed by atoms with van der Waals surface area (Å²) in [6, 6.07) is 3.49. The van der Waals surface area contributed by atoms with Gasteiger partial charge in [0, 0.05) is 19.5 Å². The van der Waals surface area contributed by atoms with Crippen molar-refractivity contribution < 1.29 is 17.6 Å². The number of furan rings is 1. The van der Waals surface area contributed by atoms with E-state index in [2.05, 4.69) is 5.32 Å². The number of amides is 1. The van der Waals surface area contributed by atoms with Crippen LogP contribution >= 0.6 is 0 Å². The van der Waals surface area contributed by atoms with Crippen molar-refractivity contribution in [3.05, 3.63) is 24.2 Å². The van der Waals surface area contributed by atoms with E-state index in [1.54, 1.807) is 12.3 Å². The van der Waals surface area contributed by atoms with Gasteiger partial charge in [0.15, 0.2) is 0 Å². The Morgan fingerprint density at radius 3 is 2.72 bits per heavy atom. The van der Waals surface area contributed by atoms with Gasteiger partial charge in [-0.15, -0.1) is 0 Å². The summed E-state index contributed by atoms with van der Waals surface area (Å²) in [5.41, 5.74) is 0. The molecule has 102 valence electrons. The van der Waals surface area contributed by atoms with Crippen molar-refractivity contribution in [2.75, 3.05) is 19.8 Å². The highest BCUT2D eigenvalue weighted by molar-refractivity contribution is 7.88. The minimum atomic E-state index is -3.33. The van der Waals surface area contributed by atoms with Crippen LogP contribution in [0.2, 0.25) is 0 Å². The highest BCUT2D eigenvalue weighted by Crippen LogP contribution is 2.03. The van der Waals surface area contributed by atoms with Crippen LogP contribution in [0.3, 0.4) is 0 Å². The lowest BCUT2D eigenvalue weighted by Gasteiger charge is -2.16. The van der Waals surface area contributed by atoms with E-state index in [4.69, 9.17) is 4.42 Å². The molecule has 0 saturated carbocycles. The highest BCUT2D eigenvalue weighted by Gasteiger charge is 2.16. The maximum absolute atomic E-state index is 11.6. The first kappa shape index (κ1) is 14.7. The molecule has 1 rings (SSSR count). The smallest absolute Gasteiger partial charge is 0.235 e. The van der Waals surface area contributed by atoms with Gasteiger partial charge in [-0.2, -0.15) is 4.31 Å². The predicted octanol–water partition coefficient (Wildman–Crippen LogP) is 0.218. The van der Waals surface area contributed by atoms with Gasteiger partial charge in [0.25, 0.3) is 0 Å². The summed E-state index contributed by atoms with van der Waals surface area (Å²) >= 11 is 0. The zero-order valence-electron chi connectivity index (χ0n) is 10.7. The molecule has 0 spiro atoms. The third kappa shape index (κ3) is 4.89. The van der Waals surface area contributed by atoms with Gasteiger partial charge < -0.3 is 9.73 Å². The second kappa shape index (κ2) is 6.01. The average molecular weight is 274 g/mol. The molecule has 0 aliphatic carbocycles. The molecule has 1 aromatic heterocycles. The molecule has 1 aromatic rings. The van der Waals surface area contributed by atoms with Gasteiger partial charge >= 0.3 is 0 Å². The van der Waals surface area contributed by atoms with Crippen LogP contribution in [0.5, 0.6) is 0 Å². The largest absolute Gasteiger partial charge is 0.469 e. The van der Waals surface area contributed by atoms with Crippen LogP contribution in [0.4, 0.5) is 0 Å². The number of nitrogens with one attached hydrogen (secondary N) is 1. The summed E-state index contributed by atoms with van der Waals surface area (Å²) in [6.45, 7) is 1.65. The molecule has 0 saturated heterocycles. The summed E-state index contributed by atoms with van der Waals surface area (Å²) in [6.07, 6.45) is 3.20. The van der Waals surface area contributed by atoms with Crippen LogP contribution < -0.4 is 5.32 Å². The topological polar surface area (TPSA) is 79.6 Å². The van der Waals surface area contributed by atoms with Crippen LogP contribution in [0, 0.1) is 0 Å². The molecule has 0 aliphatic rings. The fourth-order valence-corrected chi connectivity index (χ4v) is 1.77. The van der Waals surface area contributed by atoms with Crippen LogP contribution in [0.15, 0.2) is 22.8 Å². The Labute approximate surface area is 107 Å². The Balaban J connectivity index is 2.40. The van der Waals surface area contributed by atoms with Crippen molar-refractivity contribution in [1.29, 1.82) is 0 Å². The first-order chi connectivity index (χ1) is 8.29. The van der Waals surface area contributed by atoms with Crippen LogP contribution in [0.25, 0.3) is 0 Å². The first-order valence-electron chi connectivity index (χ1n) is 5.52. The maximum Gasteiger partial charge on any atom is 0.235 e. The molecule has 0 bridgehead atoms. The number of likely N-dealkylation sites (N-methyl/N-ethyl adjacent to an activating group) is 1. The van der Waals surface area contributed by atoms with Crippen molar-refractivity contribution in [3.8, 4) is 0 Å². The van der Waals surface area contributed by atoms with E-state index in [0.717, 1.165) is 16.3 Å². The van der Waals surface area contributed by atoms with Gasteiger partial charge in [-0.05, 0) is 19.1 Å². The lowest BCUT2D eigenvalue weighted by Crippen LogP contribution is -2.42. The van der Waals surface area contributed by atoms with E-state index in [1.807, 2.05) is 13.0 Å². The molecule has 1 N–H and O–H groups in total.